The molecule has 1 aliphatic rings. The molecule has 5 heteroatoms. The lowest BCUT2D eigenvalue weighted by molar-refractivity contribution is 0.443. The highest BCUT2D eigenvalue weighted by Gasteiger charge is 2.31. The number of aromatic nitrogens is 2. The van der Waals surface area contributed by atoms with Crippen molar-refractivity contribution >= 4 is 0 Å². The van der Waals surface area contributed by atoms with E-state index in [4.69, 9.17) is 5.73 Å². The van der Waals surface area contributed by atoms with Crippen LogP contribution in [0.3, 0.4) is 0 Å². The fourth-order valence-electron chi connectivity index (χ4n) is 2.18. The number of H-pyrrole nitrogens is 1. The first-order valence-corrected chi connectivity index (χ1v) is 6.31. The molecule has 4 N–H and O–H groups in total. The Balaban J connectivity index is 2.06. The van der Waals surface area contributed by atoms with E-state index < -0.39 is 0 Å². The van der Waals surface area contributed by atoms with Gasteiger partial charge in [0.05, 0.1) is 6.04 Å². The van der Waals surface area contributed by atoms with Gasteiger partial charge in [0.2, 0.25) is 5.88 Å². The number of hydrogen-bond donors (Lipinski definition) is 3. The van der Waals surface area contributed by atoms with Crippen molar-refractivity contribution in [2.75, 3.05) is 0 Å². The van der Waals surface area contributed by atoms with Crippen LogP contribution in [0.5, 0.6) is 5.88 Å². The smallest absolute Gasteiger partial charge is 0.262 e. The Morgan fingerprint density at radius 1 is 1.32 bits per heavy atom. The van der Waals surface area contributed by atoms with E-state index in [1.165, 1.54) is 0 Å². The standard InChI is InChI=1S/C14H15N3O2/c15-11(9-6-7-9)12-16-13(18)10(14(19)17-12)8-4-2-1-3-5-8/h1-5,9,11H,6-7,15H2,(H2,16,17,18,19). The number of aromatic amines is 1. The summed E-state index contributed by atoms with van der Waals surface area (Å²) < 4.78 is 0. The van der Waals surface area contributed by atoms with Crippen molar-refractivity contribution in [1.82, 2.24) is 9.97 Å². The lowest BCUT2D eigenvalue weighted by atomic mass is 10.1. The van der Waals surface area contributed by atoms with E-state index >= 15 is 0 Å². The van der Waals surface area contributed by atoms with Gasteiger partial charge in [-0.3, -0.25) is 4.79 Å². The van der Waals surface area contributed by atoms with Gasteiger partial charge in [0.1, 0.15) is 11.4 Å². The average Bonchev–Trinajstić information content (AvgIpc) is 3.22. The maximum Gasteiger partial charge on any atom is 0.262 e. The topological polar surface area (TPSA) is 92.0 Å². The summed E-state index contributed by atoms with van der Waals surface area (Å²) in [5.74, 6) is 0.468. The Hall–Kier alpha value is -2.14. The lowest BCUT2D eigenvalue weighted by Gasteiger charge is -2.11. The van der Waals surface area contributed by atoms with Crippen LogP contribution in [0.2, 0.25) is 0 Å². The zero-order chi connectivity index (χ0) is 13.4. The molecule has 98 valence electrons. The molecule has 2 aromatic rings. The van der Waals surface area contributed by atoms with E-state index in [-0.39, 0.29) is 23.0 Å². The summed E-state index contributed by atoms with van der Waals surface area (Å²) in [5, 5.41) is 9.99. The highest BCUT2D eigenvalue weighted by molar-refractivity contribution is 5.66. The summed E-state index contributed by atoms with van der Waals surface area (Å²) in [5.41, 5.74) is 6.45. The predicted molar refractivity (Wildman–Crippen MR) is 71.6 cm³/mol. The highest BCUT2D eigenvalue weighted by atomic mass is 16.3. The van der Waals surface area contributed by atoms with Crippen LogP contribution in [0.1, 0.15) is 24.7 Å². The summed E-state index contributed by atoms with van der Waals surface area (Å²) >= 11 is 0. The number of nitrogens with zero attached hydrogens (tertiary/aromatic N) is 1. The highest BCUT2D eigenvalue weighted by Crippen LogP contribution is 2.38. The molecule has 1 atom stereocenters. The molecule has 3 rings (SSSR count). The predicted octanol–water partition coefficient (Wildman–Crippen LogP) is 1.55. The molecule has 19 heavy (non-hydrogen) atoms. The van der Waals surface area contributed by atoms with Gasteiger partial charge in [-0.05, 0) is 24.3 Å². The van der Waals surface area contributed by atoms with Crippen LogP contribution in [0, 0.1) is 5.92 Å². The van der Waals surface area contributed by atoms with Gasteiger partial charge in [0.25, 0.3) is 5.56 Å². The zero-order valence-electron chi connectivity index (χ0n) is 10.3. The second-order valence-electron chi connectivity index (χ2n) is 4.88. The van der Waals surface area contributed by atoms with Gasteiger partial charge in [0, 0.05) is 0 Å². The first-order valence-electron chi connectivity index (χ1n) is 6.31. The fraction of sp³-hybridized carbons (Fsp3) is 0.286. The molecular formula is C14H15N3O2. The first-order chi connectivity index (χ1) is 9.16. The fourth-order valence-corrected chi connectivity index (χ4v) is 2.18. The van der Waals surface area contributed by atoms with Crippen LogP contribution in [0.25, 0.3) is 11.1 Å². The quantitative estimate of drug-likeness (QED) is 0.778. The molecule has 0 spiro atoms. The van der Waals surface area contributed by atoms with Crippen molar-refractivity contribution in [3.05, 3.63) is 46.5 Å². The number of benzene rings is 1. The first kappa shape index (κ1) is 11.9. The number of aromatic hydroxyl groups is 1. The third kappa shape index (κ3) is 2.24. The molecule has 0 bridgehead atoms. The minimum atomic E-state index is -0.357. The molecule has 0 amide bonds. The monoisotopic (exact) mass is 257 g/mol. The largest absolute Gasteiger partial charge is 0.493 e. The van der Waals surface area contributed by atoms with E-state index in [1.54, 1.807) is 24.3 Å². The van der Waals surface area contributed by atoms with Gasteiger partial charge < -0.3 is 15.8 Å². The zero-order valence-corrected chi connectivity index (χ0v) is 10.3. The van der Waals surface area contributed by atoms with Crippen LogP contribution < -0.4 is 11.3 Å². The second kappa shape index (κ2) is 4.51. The SMILES string of the molecule is NC(c1nc(O)c(-c2ccccc2)c(=O)[nH]1)C1CC1. The molecule has 1 saturated carbocycles. The lowest BCUT2D eigenvalue weighted by Crippen LogP contribution is -2.22. The molecule has 1 fully saturated rings. The average molecular weight is 257 g/mol. The van der Waals surface area contributed by atoms with Crippen LogP contribution in [-0.2, 0) is 0 Å². The number of nitrogens with one attached hydrogen (secondary N) is 1. The van der Waals surface area contributed by atoms with E-state index in [2.05, 4.69) is 9.97 Å². The van der Waals surface area contributed by atoms with Crippen molar-refractivity contribution < 1.29 is 5.11 Å². The van der Waals surface area contributed by atoms with Crippen molar-refractivity contribution in [1.29, 1.82) is 0 Å². The van der Waals surface area contributed by atoms with E-state index in [0.29, 0.717) is 17.3 Å². The number of rotatable bonds is 3. The van der Waals surface area contributed by atoms with Crippen LogP contribution in [0.15, 0.2) is 35.1 Å². The summed E-state index contributed by atoms with van der Waals surface area (Å²) in [6.45, 7) is 0. The summed E-state index contributed by atoms with van der Waals surface area (Å²) in [4.78, 5) is 18.8. The van der Waals surface area contributed by atoms with Gasteiger partial charge in [-0.15, -0.1) is 0 Å². The summed E-state index contributed by atoms with van der Waals surface area (Å²) in [6.07, 6.45) is 2.10. The maximum atomic E-state index is 12.1. The number of hydrogen-bond acceptors (Lipinski definition) is 4. The van der Waals surface area contributed by atoms with E-state index in [1.807, 2.05) is 6.07 Å². The summed E-state index contributed by atoms with van der Waals surface area (Å²) in [6, 6.07) is 8.66. The third-order valence-corrected chi connectivity index (χ3v) is 3.43. The van der Waals surface area contributed by atoms with Gasteiger partial charge in [0.15, 0.2) is 0 Å². The molecule has 1 aromatic carbocycles. The van der Waals surface area contributed by atoms with Crippen LogP contribution in [0.4, 0.5) is 0 Å². The van der Waals surface area contributed by atoms with Crippen LogP contribution >= 0.6 is 0 Å². The molecule has 5 nitrogen and oxygen atoms in total. The van der Waals surface area contributed by atoms with Gasteiger partial charge >= 0.3 is 0 Å². The Morgan fingerprint density at radius 3 is 2.58 bits per heavy atom. The molecular weight excluding hydrogens is 242 g/mol. The minimum absolute atomic E-state index is 0.187. The molecule has 1 aromatic heterocycles. The van der Waals surface area contributed by atoms with E-state index in [0.717, 1.165) is 12.8 Å². The third-order valence-electron chi connectivity index (χ3n) is 3.43. The van der Waals surface area contributed by atoms with Gasteiger partial charge in [-0.1, -0.05) is 30.3 Å². The Kier molecular flexibility index (Phi) is 2.83. The molecule has 1 unspecified atom stereocenters. The van der Waals surface area contributed by atoms with Crippen molar-refractivity contribution in [3.63, 3.8) is 0 Å². The molecule has 0 saturated heterocycles. The molecule has 0 radical (unpaired) electrons. The second-order valence-corrected chi connectivity index (χ2v) is 4.88. The van der Waals surface area contributed by atoms with Gasteiger partial charge in [-0.2, -0.15) is 4.98 Å². The maximum absolute atomic E-state index is 12.1. The molecule has 0 aliphatic heterocycles. The van der Waals surface area contributed by atoms with E-state index in [9.17, 15) is 9.90 Å². The summed E-state index contributed by atoms with van der Waals surface area (Å²) in [7, 11) is 0. The number of nitrogens with two attached hydrogens (primary N) is 1. The van der Waals surface area contributed by atoms with Crippen molar-refractivity contribution in [2.45, 2.75) is 18.9 Å². The Labute approximate surface area is 110 Å². The van der Waals surface area contributed by atoms with Crippen LogP contribution in [-0.4, -0.2) is 15.1 Å². The Morgan fingerprint density at radius 2 is 2.00 bits per heavy atom. The molecule has 1 aliphatic carbocycles. The van der Waals surface area contributed by atoms with Gasteiger partial charge in [-0.25, -0.2) is 0 Å². The normalized spacial score (nSPS) is 16.3. The van der Waals surface area contributed by atoms with Crippen molar-refractivity contribution in [2.24, 2.45) is 11.7 Å². The Bertz CT molecular complexity index is 647. The minimum Gasteiger partial charge on any atom is -0.493 e. The van der Waals surface area contributed by atoms with Crippen molar-refractivity contribution in [3.8, 4) is 17.0 Å². The molecule has 1 heterocycles.